The van der Waals surface area contributed by atoms with Crippen LogP contribution in [0, 0.1) is 11.7 Å². The van der Waals surface area contributed by atoms with Crippen molar-refractivity contribution in [3.63, 3.8) is 0 Å². The molecule has 1 aromatic carbocycles. The van der Waals surface area contributed by atoms with E-state index in [0.29, 0.717) is 44.0 Å². The molecule has 252 valence electrons. The predicted octanol–water partition coefficient (Wildman–Crippen LogP) is 2.72. The van der Waals surface area contributed by atoms with Crippen molar-refractivity contribution < 1.29 is 23.6 Å². The molecule has 13 nitrogen and oxygen atoms in total. The first-order valence-electron chi connectivity index (χ1n) is 16.1. The molecule has 3 heterocycles. The molecule has 2 aromatic heterocycles. The number of hydrogen-bond acceptors (Lipinski definition) is 9. The molecular weight excluding hydrogens is 625 g/mol. The van der Waals surface area contributed by atoms with Crippen molar-refractivity contribution in [2.24, 2.45) is 5.92 Å². The Morgan fingerprint density at radius 3 is 2.47 bits per heavy atom. The fourth-order valence-corrected chi connectivity index (χ4v) is 6.74. The predicted molar refractivity (Wildman–Crippen MR) is 174 cm³/mol. The number of carbonyl (C=O) groups excluding carboxylic acids is 4. The molecule has 1 saturated carbocycles. The molecule has 1 aliphatic heterocycles. The standard InChI is InChI=1S/C32H42FN9O4S/c1-4-42-26(12-13-35-42)28(43)38-32(2,22-8-6-5-7-9-22)31(46)37-24-11-10-21(18-23(24)33)19-25(36-29(44)27-20-34-39-47-27)30(45)41-16-14-40(3)15-17-41/h10-13,18,20,22,25H,4-9,14-17,19H2,1-3H3,(H,36,44)(H,37,46)(H,38,43)/t25-,32-/m1/s1. The molecular formula is C32H42FN9O4S. The first-order valence-corrected chi connectivity index (χ1v) is 16.9. The zero-order valence-electron chi connectivity index (χ0n) is 27.0. The fraction of sp³-hybridized carbons (Fsp3) is 0.531. The van der Waals surface area contributed by atoms with Crippen molar-refractivity contribution >= 4 is 40.8 Å². The summed E-state index contributed by atoms with van der Waals surface area (Å²) in [6, 6.07) is 4.99. The maximum Gasteiger partial charge on any atom is 0.270 e. The minimum atomic E-state index is -1.30. The second-order valence-corrected chi connectivity index (χ2v) is 13.2. The lowest BCUT2D eigenvalue weighted by molar-refractivity contribution is -0.134. The van der Waals surface area contributed by atoms with Gasteiger partial charge in [0.25, 0.3) is 11.8 Å². The normalized spacial score (nSPS) is 17.8. The molecule has 2 aliphatic rings. The van der Waals surface area contributed by atoms with Gasteiger partial charge >= 0.3 is 0 Å². The van der Waals surface area contributed by atoms with Crippen LogP contribution in [-0.4, -0.2) is 97.6 Å². The van der Waals surface area contributed by atoms with E-state index in [9.17, 15) is 19.2 Å². The molecule has 5 rings (SSSR count). The van der Waals surface area contributed by atoms with Gasteiger partial charge in [0.05, 0.1) is 11.9 Å². The number of halogens is 1. The third-order valence-electron chi connectivity index (χ3n) is 9.24. The Kier molecular flexibility index (Phi) is 11.0. The second kappa shape index (κ2) is 15.1. The second-order valence-electron chi connectivity index (χ2n) is 12.4. The van der Waals surface area contributed by atoms with E-state index in [-0.39, 0.29) is 28.8 Å². The van der Waals surface area contributed by atoms with E-state index in [0.717, 1.165) is 43.6 Å². The van der Waals surface area contributed by atoms with E-state index in [2.05, 4.69) is 35.5 Å². The minimum absolute atomic E-state index is 0.0370. The van der Waals surface area contributed by atoms with Crippen LogP contribution < -0.4 is 16.0 Å². The topological polar surface area (TPSA) is 154 Å². The van der Waals surface area contributed by atoms with E-state index in [4.69, 9.17) is 0 Å². The lowest BCUT2D eigenvalue weighted by atomic mass is 9.75. The number of nitrogens with zero attached hydrogens (tertiary/aromatic N) is 6. The lowest BCUT2D eigenvalue weighted by Crippen LogP contribution is -2.60. The van der Waals surface area contributed by atoms with Crippen molar-refractivity contribution in [3.05, 3.63) is 58.6 Å². The van der Waals surface area contributed by atoms with Crippen molar-refractivity contribution in [2.75, 3.05) is 38.5 Å². The van der Waals surface area contributed by atoms with Crippen LogP contribution in [0.25, 0.3) is 0 Å². The first kappa shape index (κ1) is 34.1. The van der Waals surface area contributed by atoms with Crippen molar-refractivity contribution in [1.29, 1.82) is 0 Å². The Morgan fingerprint density at radius 1 is 1.06 bits per heavy atom. The lowest BCUT2D eigenvalue weighted by Gasteiger charge is -2.39. The van der Waals surface area contributed by atoms with Gasteiger partial charge in [0.15, 0.2) is 0 Å². The summed E-state index contributed by atoms with van der Waals surface area (Å²) < 4.78 is 20.9. The number of nitrogens with one attached hydrogen (secondary N) is 3. The van der Waals surface area contributed by atoms with Crippen LogP contribution in [0.2, 0.25) is 0 Å². The summed E-state index contributed by atoms with van der Waals surface area (Å²) in [5.74, 6) is -2.51. The zero-order valence-corrected chi connectivity index (χ0v) is 27.8. The minimum Gasteiger partial charge on any atom is -0.339 e. The first-order chi connectivity index (χ1) is 22.6. The molecule has 15 heteroatoms. The average molecular weight is 668 g/mol. The van der Waals surface area contributed by atoms with E-state index in [1.807, 2.05) is 14.0 Å². The van der Waals surface area contributed by atoms with Gasteiger partial charge in [0.1, 0.15) is 28.0 Å². The van der Waals surface area contributed by atoms with Crippen LogP contribution in [0.5, 0.6) is 0 Å². The average Bonchev–Trinajstić information content (AvgIpc) is 3.79. The maximum atomic E-state index is 15.6. The van der Waals surface area contributed by atoms with Gasteiger partial charge in [-0.1, -0.05) is 29.8 Å². The van der Waals surface area contributed by atoms with E-state index < -0.39 is 35.1 Å². The van der Waals surface area contributed by atoms with Gasteiger partial charge < -0.3 is 25.8 Å². The number of piperazine rings is 1. The number of likely N-dealkylation sites (N-methyl/N-ethyl adjacent to an activating group) is 1. The third kappa shape index (κ3) is 8.01. The highest BCUT2D eigenvalue weighted by molar-refractivity contribution is 7.07. The smallest absolute Gasteiger partial charge is 0.270 e. The molecule has 3 aromatic rings. The van der Waals surface area contributed by atoms with Crippen molar-refractivity contribution in [1.82, 2.24) is 39.8 Å². The number of carbonyl (C=O) groups is 4. The molecule has 3 N–H and O–H groups in total. The number of anilines is 1. The Morgan fingerprint density at radius 2 is 1.81 bits per heavy atom. The number of aryl methyl sites for hydroxylation is 1. The molecule has 1 aliphatic carbocycles. The molecule has 0 spiro atoms. The Hall–Kier alpha value is -4.24. The number of amides is 4. The van der Waals surface area contributed by atoms with Gasteiger partial charge in [0.2, 0.25) is 11.8 Å². The van der Waals surface area contributed by atoms with E-state index in [1.165, 1.54) is 18.3 Å². The number of rotatable bonds is 11. The largest absolute Gasteiger partial charge is 0.339 e. The summed E-state index contributed by atoms with van der Waals surface area (Å²) in [6.45, 7) is 6.51. The number of hydrogen-bond donors (Lipinski definition) is 3. The van der Waals surface area contributed by atoms with Gasteiger partial charge in [0, 0.05) is 45.3 Å². The zero-order chi connectivity index (χ0) is 33.6. The quantitative estimate of drug-likeness (QED) is 0.282. The SMILES string of the molecule is CCn1nccc1C(=O)N[C@@](C)(C(=O)Nc1ccc(C[C@@H](NC(=O)c2cnns2)C(=O)N2CCN(C)CC2)cc1F)C1CCCCC1. The summed E-state index contributed by atoms with van der Waals surface area (Å²) in [5, 5.41) is 16.3. The molecule has 1 saturated heterocycles. The van der Waals surface area contributed by atoms with Crippen molar-refractivity contribution in [2.45, 2.75) is 70.5 Å². The molecule has 0 bridgehead atoms. The molecule has 0 radical (unpaired) electrons. The van der Waals surface area contributed by atoms with Gasteiger partial charge in [-0.25, -0.2) is 4.39 Å². The molecule has 0 unspecified atom stereocenters. The molecule has 4 amide bonds. The van der Waals surface area contributed by atoms with Gasteiger partial charge in [-0.05, 0) is 74.9 Å². The number of aromatic nitrogens is 4. The highest BCUT2D eigenvalue weighted by Crippen LogP contribution is 2.34. The van der Waals surface area contributed by atoms with Gasteiger partial charge in [-0.3, -0.25) is 23.9 Å². The summed E-state index contributed by atoms with van der Waals surface area (Å²) >= 11 is 0.918. The van der Waals surface area contributed by atoms with Crippen LogP contribution in [0.3, 0.4) is 0 Å². The molecule has 2 atom stereocenters. The van der Waals surface area contributed by atoms with Crippen LogP contribution in [0.15, 0.2) is 36.7 Å². The Bertz CT molecular complexity index is 1570. The Balaban J connectivity index is 1.33. The van der Waals surface area contributed by atoms with Gasteiger partial charge in [-0.15, -0.1) is 5.10 Å². The Labute approximate surface area is 277 Å². The highest BCUT2D eigenvalue weighted by Gasteiger charge is 2.43. The summed E-state index contributed by atoms with van der Waals surface area (Å²) in [7, 11) is 1.98. The summed E-state index contributed by atoms with van der Waals surface area (Å²) in [6.07, 6.45) is 7.34. The molecule has 2 fully saturated rings. The number of benzene rings is 1. The van der Waals surface area contributed by atoms with Crippen LogP contribution in [0.4, 0.5) is 10.1 Å². The highest BCUT2D eigenvalue weighted by atomic mass is 32.1. The van der Waals surface area contributed by atoms with Crippen LogP contribution in [-0.2, 0) is 22.6 Å². The fourth-order valence-electron chi connectivity index (χ4n) is 6.32. The van der Waals surface area contributed by atoms with Crippen LogP contribution >= 0.6 is 11.5 Å². The van der Waals surface area contributed by atoms with E-state index in [1.54, 1.807) is 34.8 Å². The maximum absolute atomic E-state index is 15.6. The molecule has 47 heavy (non-hydrogen) atoms. The summed E-state index contributed by atoms with van der Waals surface area (Å²) in [5.41, 5.74) is -0.541. The summed E-state index contributed by atoms with van der Waals surface area (Å²) in [4.78, 5) is 57.8. The third-order valence-corrected chi connectivity index (χ3v) is 9.90. The monoisotopic (exact) mass is 667 g/mol. The van der Waals surface area contributed by atoms with Crippen molar-refractivity contribution in [3.8, 4) is 0 Å². The van der Waals surface area contributed by atoms with E-state index >= 15 is 4.39 Å². The van der Waals surface area contributed by atoms with Gasteiger partial charge in [-0.2, -0.15) is 5.10 Å². The van der Waals surface area contributed by atoms with Crippen LogP contribution in [0.1, 0.15) is 71.7 Å².